The molecule has 2 amide bonds. The fraction of sp³-hybridized carbons (Fsp3) is 0.645. The van der Waals surface area contributed by atoms with Gasteiger partial charge in [0.15, 0.2) is 17.5 Å². The van der Waals surface area contributed by atoms with Crippen LogP contribution in [0.1, 0.15) is 51.5 Å². The molecule has 3 N–H and O–H groups in total. The second-order valence-electron chi connectivity index (χ2n) is 12.1. The van der Waals surface area contributed by atoms with E-state index >= 15 is 0 Å². The molecule has 2 aromatic rings. The van der Waals surface area contributed by atoms with Gasteiger partial charge in [-0.05, 0) is 31.4 Å². The molecule has 17 heteroatoms. The summed E-state index contributed by atoms with van der Waals surface area (Å²) in [6.45, 7) is 2.52. The lowest BCUT2D eigenvalue weighted by Crippen LogP contribution is -2.57. The Balaban J connectivity index is 1.29. The fourth-order valence-corrected chi connectivity index (χ4v) is 6.24. The number of aromatic nitrogens is 3. The number of aliphatic hydroxyl groups is 2. The van der Waals surface area contributed by atoms with Crippen molar-refractivity contribution < 1.29 is 52.0 Å². The highest BCUT2D eigenvalue weighted by molar-refractivity contribution is 5.88. The fourth-order valence-electron chi connectivity index (χ4n) is 6.24. The number of aliphatic hydroxyl groups excluding tert-OH is 2. The van der Waals surface area contributed by atoms with Gasteiger partial charge >= 0.3 is 6.09 Å². The van der Waals surface area contributed by atoms with Gasteiger partial charge in [0.05, 0.1) is 31.2 Å². The number of benzene rings is 1. The van der Waals surface area contributed by atoms with Crippen LogP contribution < -0.4 is 5.32 Å². The van der Waals surface area contributed by atoms with Crippen molar-refractivity contribution in [2.45, 2.75) is 82.0 Å². The molecular weight excluding hydrogens is 641 g/mol. The quantitative estimate of drug-likeness (QED) is 0.223. The number of carbonyl (C=O) groups excluding carboxylic acids is 2. The number of hydrogen-bond acceptors (Lipinski definition) is 11. The zero-order valence-corrected chi connectivity index (χ0v) is 26.8. The molecule has 4 heterocycles. The Hall–Kier alpha value is -3.80. The molecule has 5 rings (SSSR count). The van der Waals surface area contributed by atoms with Crippen LogP contribution in [0.5, 0.6) is 0 Å². The second-order valence-corrected chi connectivity index (χ2v) is 12.1. The standard InChI is InChI=1S/C31H41F3N6O8/c1-3-4-9-45-31(44)39-7-5-17(6-8-39)22-12-19(48-37-22)13-24-30(46-16-26(42)35-2)28(29(43)25(15-41)47-24)40-14-23(36-38-40)18-10-20(32)27(34)21(33)11-18/h10-11,14,17,19,24-25,28-30,41,43H,3-9,12-13,15-16H2,1-2H3,(H,35,42)/t19?,24-,25-,28+,29+,30+/m1/s1. The average Bonchev–Trinajstić information content (AvgIpc) is 3.77. The largest absolute Gasteiger partial charge is 0.449 e. The third-order valence-electron chi connectivity index (χ3n) is 8.94. The van der Waals surface area contributed by atoms with Crippen LogP contribution in [0.15, 0.2) is 23.5 Å². The van der Waals surface area contributed by atoms with Gasteiger partial charge in [0, 0.05) is 44.5 Å². The smallest absolute Gasteiger partial charge is 0.409 e. The van der Waals surface area contributed by atoms with Crippen LogP contribution in [-0.2, 0) is 23.8 Å². The van der Waals surface area contributed by atoms with Crippen molar-refractivity contribution in [2.24, 2.45) is 11.1 Å². The lowest BCUT2D eigenvalue weighted by atomic mass is 9.86. The minimum Gasteiger partial charge on any atom is -0.449 e. The van der Waals surface area contributed by atoms with E-state index in [1.165, 1.54) is 17.9 Å². The number of likely N-dealkylation sites (N-methyl/N-ethyl adjacent to an activating group) is 1. The normalized spacial score (nSPS) is 26.2. The molecule has 0 bridgehead atoms. The zero-order chi connectivity index (χ0) is 34.4. The number of oxime groups is 1. The molecule has 6 atom stereocenters. The molecule has 0 radical (unpaired) electrons. The molecule has 1 unspecified atom stereocenters. The predicted molar refractivity (Wildman–Crippen MR) is 162 cm³/mol. The molecule has 2 fully saturated rings. The molecule has 0 aliphatic carbocycles. The minimum atomic E-state index is -1.63. The highest BCUT2D eigenvalue weighted by atomic mass is 19.2. The first-order valence-corrected chi connectivity index (χ1v) is 16.1. The van der Waals surface area contributed by atoms with E-state index in [4.69, 9.17) is 19.0 Å². The predicted octanol–water partition coefficient (Wildman–Crippen LogP) is 2.34. The third-order valence-corrected chi connectivity index (χ3v) is 8.94. The number of likely N-dealkylation sites (tertiary alicyclic amines) is 1. The maximum absolute atomic E-state index is 14.0. The van der Waals surface area contributed by atoms with E-state index in [9.17, 15) is 33.0 Å². The van der Waals surface area contributed by atoms with Crippen LogP contribution >= 0.6 is 0 Å². The van der Waals surface area contributed by atoms with Crippen molar-refractivity contribution in [3.8, 4) is 11.3 Å². The number of nitrogens with zero attached hydrogens (tertiary/aromatic N) is 5. The van der Waals surface area contributed by atoms with Gasteiger partial charge in [-0.1, -0.05) is 23.7 Å². The van der Waals surface area contributed by atoms with Crippen LogP contribution in [0, 0.1) is 23.4 Å². The number of hydrogen-bond donors (Lipinski definition) is 3. The lowest BCUT2D eigenvalue weighted by Gasteiger charge is -2.44. The van der Waals surface area contributed by atoms with Crippen LogP contribution in [0.4, 0.5) is 18.0 Å². The maximum atomic E-state index is 14.0. The number of amides is 2. The summed E-state index contributed by atoms with van der Waals surface area (Å²) in [6, 6.07) is 0.458. The number of piperidine rings is 1. The van der Waals surface area contributed by atoms with Crippen LogP contribution in [0.2, 0.25) is 0 Å². The summed E-state index contributed by atoms with van der Waals surface area (Å²) in [5, 5.41) is 36.2. The van der Waals surface area contributed by atoms with Gasteiger partial charge < -0.3 is 39.5 Å². The summed E-state index contributed by atoms with van der Waals surface area (Å²) in [7, 11) is 1.43. The zero-order valence-electron chi connectivity index (χ0n) is 26.8. The summed E-state index contributed by atoms with van der Waals surface area (Å²) >= 11 is 0. The molecular formula is C31H41F3N6O8. The Kier molecular flexibility index (Phi) is 11.9. The molecule has 264 valence electrons. The molecule has 48 heavy (non-hydrogen) atoms. The van der Waals surface area contributed by atoms with Crippen molar-refractivity contribution >= 4 is 17.7 Å². The van der Waals surface area contributed by atoms with Gasteiger partial charge in [-0.25, -0.2) is 22.6 Å². The van der Waals surface area contributed by atoms with E-state index in [1.807, 2.05) is 6.92 Å². The van der Waals surface area contributed by atoms with E-state index in [-0.39, 0.29) is 29.7 Å². The van der Waals surface area contributed by atoms with Gasteiger partial charge in [-0.3, -0.25) is 4.79 Å². The first kappa shape index (κ1) is 35.5. The van der Waals surface area contributed by atoms with Crippen molar-refractivity contribution in [1.29, 1.82) is 0 Å². The molecule has 3 aliphatic rings. The molecule has 2 saturated heterocycles. The van der Waals surface area contributed by atoms with E-state index in [1.54, 1.807) is 4.90 Å². The Morgan fingerprint density at radius 2 is 1.88 bits per heavy atom. The van der Waals surface area contributed by atoms with E-state index in [0.29, 0.717) is 39.0 Å². The topological polar surface area (TPSA) is 170 Å². The Bertz CT molecular complexity index is 1430. The molecule has 1 aromatic heterocycles. The Labute approximate surface area is 275 Å². The van der Waals surface area contributed by atoms with Gasteiger partial charge in [0.25, 0.3) is 0 Å². The number of rotatable bonds is 12. The van der Waals surface area contributed by atoms with E-state index in [2.05, 4.69) is 20.8 Å². The van der Waals surface area contributed by atoms with Crippen molar-refractivity contribution in [1.82, 2.24) is 25.2 Å². The number of carbonyl (C=O) groups is 2. The van der Waals surface area contributed by atoms with Crippen LogP contribution in [0.3, 0.4) is 0 Å². The van der Waals surface area contributed by atoms with E-state index in [0.717, 1.165) is 30.7 Å². The summed E-state index contributed by atoms with van der Waals surface area (Å²) < 4.78 is 60.1. The minimum absolute atomic E-state index is 0.0221. The van der Waals surface area contributed by atoms with Gasteiger partial charge in [-0.2, -0.15) is 0 Å². The van der Waals surface area contributed by atoms with Crippen molar-refractivity contribution in [3.05, 3.63) is 35.8 Å². The first-order valence-electron chi connectivity index (χ1n) is 16.1. The summed E-state index contributed by atoms with van der Waals surface area (Å²) in [4.78, 5) is 32.0. The highest BCUT2D eigenvalue weighted by Gasteiger charge is 2.49. The lowest BCUT2D eigenvalue weighted by molar-refractivity contribution is -0.224. The van der Waals surface area contributed by atoms with Crippen LogP contribution in [0.25, 0.3) is 11.3 Å². The molecule has 0 saturated carbocycles. The second kappa shape index (κ2) is 16.1. The maximum Gasteiger partial charge on any atom is 0.409 e. The summed E-state index contributed by atoms with van der Waals surface area (Å²) in [6.07, 6.45) is -0.0303. The SMILES string of the molecule is CCCCOC(=O)N1CCC(C2=NOC(C[C@H]3O[C@H](CO)[C@H](O)[C@H](n4cc(-c5cc(F)c(F)c(F)c5)nn4)[C@H]3OCC(=O)NC)C2)CC1. The molecule has 0 spiro atoms. The van der Waals surface area contributed by atoms with E-state index < -0.39 is 73.1 Å². The first-order chi connectivity index (χ1) is 23.1. The van der Waals surface area contributed by atoms with Gasteiger partial charge in [0.2, 0.25) is 5.91 Å². The van der Waals surface area contributed by atoms with Crippen LogP contribution in [-0.4, -0.2) is 118 Å². The molecule has 3 aliphatic heterocycles. The van der Waals surface area contributed by atoms with Crippen molar-refractivity contribution in [2.75, 3.05) is 40.0 Å². The molecule has 1 aromatic carbocycles. The number of unbranched alkanes of at least 4 members (excludes halogenated alkanes) is 1. The van der Waals surface area contributed by atoms with Crippen molar-refractivity contribution in [3.63, 3.8) is 0 Å². The molecule has 14 nitrogen and oxygen atoms in total. The third kappa shape index (κ3) is 8.07. The highest BCUT2D eigenvalue weighted by Crippen LogP contribution is 2.37. The number of halogens is 3. The number of nitrogens with one attached hydrogen (secondary N) is 1. The average molecular weight is 683 g/mol. The monoisotopic (exact) mass is 682 g/mol. The number of ether oxygens (including phenoxy) is 3. The Morgan fingerprint density at radius 3 is 2.54 bits per heavy atom. The summed E-state index contributed by atoms with van der Waals surface area (Å²) in [5.74, 6) is -4.79. The van der Waals surface area contributed by atoms with Gasteiger partial charge in [0.1, 0.15) is 42.8 Å². The Morgan fingerprint density at radius 1 is 1.15 bits per heavy atom. The summed E-state index contributed by atoms with van der Waals surface area (Å²) in [5.41, 5.74) is 0.735. The van der Waals surface area contributed by atoms with Gasteiger partial charge in [-0.15, -0.1) is 5.10 Å².